The average molecular weight is 262 g/mol. The minimum Gasteiger partial charge on any atom is -0.508 e. The maximum Gasteiger partial charge on any atom is 0.119 e. The molecular formula is C18H30O. The molecule has 0 aliphatic carbocycles. The first-order chi connectivity index (χ1) is 9.04. The molecule has 0 aliphatic rings. The third kappa shape index (κ3) is 5.67. The molecular weight excluding hydrogens is 232 g/mol. The lowest BCUT2D eigenvalue weighted by Crippen LogP contribution is -1.97. The lowest BCUT2D eigenvalue weighted by Gasteiger charge is -2.15. The number of unbranched alkanes of at least 4 members (excludes halogenated alkanes) is 1. The van der Waals surface area contributed by atoms with E-state index in [9.17, 15) is 5.11 Å². The molecule has 1 atom stereocenters. The quantitative estimate of drug-likeness (QED) is 0.640. The molecule has 1 aromatic rings. The van der Waals surface area contributed by atoms with Gasteiger partial charge in [-0.05, 0) is 48.3 Å². The second-order valence-electron chi connectivity index (χ2n) is 6.22. The van der Waals surface area contributed by atoms with Gasteiger partial charge in [0.15, 0.2) is 0 Å². The van der Waals surface area contributed by atoms with E-state index >= 15 is 0 Å². The number of phenols is 1. The Labute approximate surface area is 119 Å². The fourth-order valence-corrected chi connectivity index (χ4v) is 2.53. The third-order valence-corrected chi connectivity index (χ3v) is 3.86. The molecule has 108 valence electrons. The van der Waals surface area contributed by atoms with Crippen LogP contribution in [0.25, 0.3) is 0 Å². The molecule has 0 saturated carbocycles. The van der Waals surface area contributed by atoms with Crippen LogP contribution in [0.3, 0.4) is 0 Å². The molecule has 1 heteroatoms. The molecule has 0 aliphatic heterocycles. The number of hydrogen-bond acceptors (Lipinski definition) is 1. The predicted molar refractivity (Wildman–Crippen MR) is 83.8 cm³/mol. The topological polar surface area (TPSA) is 20.2 Å². The van der Waals surface area contributed by atoms with E-state index in [1.807, 2.05) is 6.07 Å². The van der Waals surface area contributed by atoms with E-state index in [-0.39, 0.29) is 0 Å². The largest absolute Gasteiger partial charge is 0.508 e. The highest BCUT2D eigenvalue weighted by molar-refractivity contribution is 5.38. The Morgan fingerprint density at radius 1 is 1.05 bits per heavy atom. The van der Waals surface area contributed by atoms with E-state index in [4.69, 9.17) is 0 Å². The summed E-state index contributed by atoms with van der Waals surface area (Å²) in [7, 11) is 0. The summed E-state index contributed by atoms with van der Waals surface area (Å²) >= 11 is 0. The maximum atomic E-state index is 10.0. The molecule has 0 saturated heterocycles. The lowest BCUT2D eigenvalue weighted by atomic mass is 9.92. The van der Waals surface area contributed by atoms with E-state index < -0.39 is 0 Å². The van der Waals surface area contributed by atoms with Crippen molar-refractivity contribution >= 4 is 0 Å². The summed E-state index contributed by atoms with van der Waals surface area (Å²) in [5.74, 6) is 1.71. The van der Waals surface area contributed by atoms with Gasteiger partial charge in [-0.3, -0.25) is 0 Å². The highest BCUT2D eigenvalue weighted by Gasteiger charge is 2.11. The molecule has 19 heavy (non-hydrogen) atoms. The van der Waals surface area contributed by atoms with Crippen molar-refractivity contribution in [2.24, 2.45) is 5.92 Å². The first kappa shape index (κ1) is 16.1. The average Bonchev–Trinajstić information content (AvgIpc) is 2.37. The number of aryl methyl sites for hydroxylation is 1. The van der Waals surface area contributed by atoms with Gasteiger partial charge in [-0.25, -0.2) is 0 Å². The van der Waals surface area contributed by atoms with Gasteiger partial charge in [0, 0.05) is 0 Å². The van der Waals surface area contributed by atoms with Crippen molar-refractivity contribution in [3.63, 3.8) is 0 Å². The van der Waals surface area contributed by atoms with Gasteiger partial charge in [0.25, 0.3) is 0 Å². The van der Waals surface area contributed by atoms with Crippen LogP contribution in [-0.2, 0) is 6.42 Å². The Kier molecular flexibility index (Phi) is 6.97. The molecule has 1 unspecified atom stereocenters. The van der Waals surface area contributed by atoms with E-state index in [2.05, 4.69) is 39.8 Å². The number of phenolic OH excluding ortho intramolecular Hbond substituents is 1. The zero-order chi connectivity index (χ0) is 14.3. The molecule has 0 fully saturated rings. The van der Waals surface area contributed by atoms with Gasteiger partial charge in [-0.1, -0.05) is 59.1 Å². The second kappa shape index (κ2) is 8.24. The Morgan fingerprint density at radius 3 is 2.42 bits per heavy atom. The van der Waals surface area contributed by atoms with E-state index in [1.54, 1.807) is 0 Å². The van der Waals surface area contributed by atoms with E-state index in [0.29, 0.717) is 11.7 Å². The molecule has 0 heterocycles. The number of hydrogen-bond donors (Lipinski definition) is 1. The number of aromatic hydroxyl groups is 1. The van der Waals surface area contributed by atoms with Crippen molar-refractivity contribution in [3.05, 3.63) is 29.3 Å². The molecule has 1 N–H and O–H groups in total. The SMILES string of the molecule is CCCCC(C)c1cc(CCCC(C)C)ccc1O. The minimum absolute atomic E-state index is 0.463. The van der Waals surface area contributed by atoms with Crippen LogP contribution in [0.5, 0.6) is 5.75 Å². The molecule has 1 nitrogen and oxygen atoms in total. The normalized spacial score (nSPS) is 12.9. The Morgan fingerprint density at radius 2 is 1.79 bits per heavy atom. The molecule has 1 aromatic carbocycles. The van der Waals surface area contributed by atoms with Gasteiger partial charge in [-0.2, -0.15) is 0 Å². The van der Waals surface area contributed by atoms with Gasteiger partial charge >= 0.3 is 0 Å². The smallest absolute Gasteiger partial charge is 0.119 e. The summed E-state index contributed by atoms with van der Waals surface area (Å²) in [6.07, 6.45) is 7.27. The van der Waals surface area contributed by atoms with Crippen molar-refractivity contribution in [2.75, 3.05) is 0 Å². The highest BCUT2D eigenvalue weighted by atomic mass is 16.3. The van der Waals surface area contributed by atoms with Gasteiger partial charge in [-0.15, -0.1) is 0 Å². The Hall–Kier alpha value is -0.980. The summed E-state index contributed by atoms with van der Waals surface area (Å²) in [5.41, 5.74) is 2.51. The minimum atomic E-state index is 0.463. The first-order valence-electron chi connectivity index (χ1n) is 7.86. The standard InChI is InChI=1S/C18H30O/c1-5-6-9-15(4)17-13-16(11-12-18(17)19)10-7-8-14(2)3/h11-15,19H,5-10H2,1-4H3. The molecule has 0 aromatic heterocycles. The van der Waals surface area contributed by atoms with E-state index in [1.165, 1.54) is 37.7 Å². The summed E-state index contributed by atoms with van der Waals surface area (Å²) in [6.45, 7) is 8.99. The van der Waals surface area contributed by atoms with Crippen molar-refractivity contribution in [3.8, 4) is 5.75 Å². The lowest BCUT2D eigenvalue weighted by molar-refractivity contribution is 0.458. The van der Waals surface area contributed by atoms with Gasteiger partial charge < -0.3 is 5.11 Å². The van der Waals surface area contributed by atoms with Crippen LogP contribution in [-0.4, -0.2) is 5.11 Å². The van der Waals surface area contributed by atoms with Crippen molar-refractivity contribution in [2.45, 2.75) is 72.1 Å². The fourth-order valence-electron chi connectivity index (χ4n) is 2.53. The monoisotopic (exact) mass is 262 g/mol. The Bertz CT molecular complexity index is 368. The van der Waals surface area contributed by atoms with Crippen LogP contribution in [0.2, 0.25) is 0 Å². The highest BCUT2D eigenvalue weighted by Crippen LogP contribution is 2.30. The summed E-state index contributed by atoms with van der Waals surface area (Å²) in [5, 5.41) is 10.0. The van der Waals surface area contributed by atoms with Gasteiger partial charge in [0.1, 0.15) is 5.75 Å². The molecule has 1 rings (SSSR count). The first-order valence-corrected chi connectivity index (χ1v) is 7.86. The zero-order valence-electron chi connectivity index (χ0n) is 13.1. The van der Waals surface area contributed by atoms with Crippen LogP contribution in [0.4, 0.5) is 0 Å². The molecule has 0 radical (unpaired) electrons. The summed E-state index contributed by atoms with van der Waals surface area (Å²) in [6, 6.07) is 6.17. The maximum absolute atomic E-state index is 10.0. The van der Waals surface area contributed by atoms with Crippen LogP contribution in [0.15, 0.2) is 18.2 Å². The molecule has 0 spiro atoms. The van der Waals surface area contributed by atoms with Crippen LogP contribution in [0, 0.1) is 5.92 Å². The van der Waals surface area contributed by atoms with Gasteiger partial charge in [0.2, 0.25) is 0 Å². The second-order valence-corrected chi connectivity index (χ2v) is 6.22. The van der Waals surface area contributed by atoms with Crippen molar-refractivity contribution < 1.29 is 5.11 Å². The summed E-state index contributed by atoms with van der Waals surface area (Å²) in [4.78, 5) is 0. The molecule has 0 bridgehead atoms. The zero-order valence-corrected chi connectivity index (χ0v) is 13.1. The van der Waals surface area contributed by atoms with Crippen LogP contribution < -0.4 is 0 Å². The number of rotatable bonds is 8. The Balaban J connectivity index is 2.65. The number of benzene rings is 1. The van der Waals surface area contributed by atoms with Crippen LogP contribution >= 0.6 is 0 Å². The summed E-state index contributed by atoms with van der Waals surface area (Å²) < 4.78 is 0. The van der Waals surface area contributed by atoms with Gasteiger partial charge in [0.05, 0.1) is 0 Å². The predicted octanol–water partition coefficient (Wildman–Crippen LogP) is 5.66. The fraction of sp³-hybridized carbons (Fsp3) is 0.667. The van der Waals surface area contributed by atoms with E-state index in [0.717, 1.165) is 17.9 Å². The van der Waals surface area contributed by atoms with Crippen molar-refractivity contribution in [1.29, 1.82) is 0 Å². The third-order valence-electron chi connectivity index (χ3n) is 3.86. The molecule has 0 amide bonds. The van der Waals surface area contributed by atoms with Crippen molar-refractivity contribution in [1.82, 2.24) is 0 Å². The van der Waals surface area contributed by atoms with Crippen LogP contribution in [0.1, 0.15) is 76.8 Å².